The molecular formula is C17H25ClN4O. The van der Waals surface area contributed by atoms with Crippen molar-refractivity contribution in [2.24, 2.45) is 0 Å². The molecule has 0 aromatic heterocycles. The Morgan fingerprint density at radius 3 is 2.39 bits per heavy atom. The molecule has 0 saturated carbocycles. The fourth-order valence-electron chi connectivity index (χ4n) is 3.18. The third-order valence-corrected chi connectivity index (χ3v) is 5.00. The number of hydrogen-bond donors (Lipinski definition) is 0. The van der Waals surface area contributed by atoms with Crippen LogP contribution in [0.15, 0.2) is 24.3 Å². The van der Waals surface area contributed by atoms with E-state index in [0.29, 0.717) is 6.54 Å². The van der Waals surface area contributed by atoms with E-state index in [9.17, 15) is 4.79 Å². The van der Waals surface area contributed by atoms with Gasteiger partial charge in [0, 0.05) is 63.1 Å². The van der Waals surface area contributed by atoms with Crippen LogP contribution in [0.4, 0.5) is 5.69 Å². The Morgan fingerprint density at radius 2 is 1.74 bits per heavy atom. The number of benzene rings is 1. The minimum atomic E-state index is 0.264. The second-order valence-corrected chi connectivity index (χ2v) is 6.86. The average Bonchev–Trinajstić information content (AvgIpc) is 2.57. The fraction of sp³-hybridized carbons (Fsp3) is 0.588. The van der Waals surface area contributed by atoms with Crippen molar-refractivity contribution in [3.05, 3.63) is 29.3 Å². The molecular weight excluding hydrogens is 312 g/mol. The van der Waals surface area contributed by atoms with Crippen molar-refractivity contribution >= 4 is 23.2 Å². The lowest BCUT2D eigenvalue weighted by atomic mass is 10.2. The number of likely N-dealkylation sites (N-methyl/N-ethyl adjacent to an activating group) is 1. The zero-order valence-corrected chi connectivity index (χ0v) is 14.5. The van der Waals surface area contributed by atoms with Gasteiger partial charge in [0.15, 0.2) is 0 Å². The number of piperazine rings is 2. The largest absolute Gasteiger partial charge is 0.368 e. The molecule has 0 atom stereocenters. The summed E-state index contributed by atoms with van der Waals surface area (Å²) in [7, 11) is 2.13. The smallest absolute Gasteiger partial charge is 0.236 e. The molecule has 0 unspecified atom stereocenters. The summed E-state index contributed by atoms with van der Waals surface area (Å²) in [5, 5.41) is 0.760. The second kappa shape index (κ2) is 7.51. The van der Waals surface area contributed by atoms with E-state index in [4.69, 9.17) is 11.6 Å². The zero-order valence-electron chi connectivity index (χ0n) is 13.7. The Morgan fingerprint density at radius 1 is 1.04 bits per heavy atom. The Kier molecular flexibility index (Phi) is 5.41. The lowest BCUT2D eigenvalue weighted by molar-refractivity contribution is -0.133. The quantitative estimate of drug-likeness (QED) is 0.830. The van der Waals surface area contributed by atoms with Gasteiger partial charge in [-0.1, -0.05) is 17.7 Å². The second-order valence-electron chi connectivity index (χ2n) is 6.43. The van der Waals surface area contributed by atoms with Gasteiger partial charge in [-0.05, 0) is 25.2 Å². The molecule has 2 heterocycles. The van der Waals surface area contributed by atoms with Gasteiger partial charge in [0.05, 0.1) is 6.54 Å². The van der Waals surface area contributed by atoms with Crippen molar-refractivity contribution in [2.75, 3.05) is 70.9 Å². The molecule has 1 aromatic rings. The first-order valence-electron chi connectivity index (χ1n) is 8.31. The molecule has 3 rings (SSSR count). The molecule has 1 amide bonds. The highest BCUT2D eigenvalue weighted by molar-refractivity contribution is 6.30. The summed E-state index contributed by atoms with van der Waals surface area (Å²) in [6.45, 7) is 7.97. The van der Waals surface area contributed by atoms with E-state index < -0.39 is 0 Å². The average molecular weight is 337 g/mol. The summed E-state index contributed by atoms with van der Waals surface area (Å²) in [5.41, 5.74) is 1.14. The number of amides is 1. The summed E-state index contributed by atoms with van der Waals surface area (Å²) in [4.78, 5) is 21.4. The Hall–Kier alpha value is -1.30. The van der Waals surface area contributed by atoms with Gasteiger partial charge in [0.1, 0.15) is 0 Å². The molecule has 2 aliphatic heterocycles. The highest BCUT2D eigenvalue weighted by Gasteiger charge is 2.24. The van der Waals surface area contributed by atoms with Crippen molar-refractivity contribution in [3.8, 4) is 0 Å². The number of carbonyl (C=O) groups excluding carboxylic acids is 1. The molecule has 6 heteroatoms. The van der Waals surface area contributed by atoms with Crippen molar-refractivity contribution < 1.29 is 4.79 Å². The summed E-state index contributed by atoms with van der Waals surface area (Å²) in [5.74, 6) is 0.264. The van der Waals surface area contributed by atoms with Crippen LogP contribution in [0.25, 0.3) is 0 Å². The van der Waals surface area contributed by atoms with E-state index in [-0.39, 0.29) is 5.91 Å². The third kappa shape index (κ3) is 4.37. The van der Waals surface area contributed by atoms with Crippen molar-refractivity contribution in [3.63, 3.8) is 0 Å². The summed E-state index contributed by atoms with van der Waals surface area (Å²) in [6.07, 6.45) is 0. The van der Waals surface area contributed by atoms with Crippen LogP contribution in [0.3, 0.4) is 0 Å². The molecule has 0 radical (unpaired) electrons. The minimum Gasteiger partial charge on any atom is -0.368 e. The van der Waals surface area contributed by atoms with Gasteiger partial charge in [0.25, 0.3) is 0 Å². The molecule has 23 heavy (non-hydrogen) atoms. The van der Waals surface area contributed by atoms with E-state index in [1.807, 2.05) is 23.1 Å². The summed E-state index contributed by atoms with van der Waals surface area (Å²) in [6, 6.07) is 7.93. The topological polar surface area (TPSA) is 30.0 Å². The zero-order chi connectivity index (χ0) is 16.2. The van der Waals surface area contributed by atoms with E-state index >= 15 is 0 Å². The molecule has 0 N–H and O–H groups in total. The highest BCUT2D eigenvalue weighted by atomic mass is 35.5. The Labute approximate surface area is 143 Å². The van der Waals surface area contributed by atoms with Crippen molar-refractivity contribution in [1.82, 2.24) is 14.7 Å². The fourth-order valence-corrected chi connectivity index (χ4v) is 3.37. The van der Waals surface area contributed by atoms with E-state index in [0.717, 1.165) is 63.1 Å². The summed E-state index contributed by atoms with van der Waals surface area (Å²) < 4.78 is 0. The standard InChI is InChI=1S/C17H25ClN4O/c1-19-5-7-20(8-6-19)14-17(23)22-11-9-21(10-12-22)16-4-2-3-15(18)13-16/h2-4,13H,5-12,14H2,1H3. The van der Waals surface area contributed by atoms with Gasteiger partial charge >= 0.3 is 0 Å². The Bertz CT molecular complexity index is 537. The monoisotopic (exact) mass is 336 g/mol. The van der Waals surface area contributed by atoms with Gasteiger partial charge < -0.3 is 14.7 Å². The van der Waals surface area contributed by atoms with Crippen LogP contribution >= 0.6 is 11.6 Å². The molecule has 2 fully saturated rings. The van der Waals surface area contributed by atoms with E-state index in [1.54, 1.807) is 0 Å². The van der Waals surface area contributed by atoms with Crippen LogP contribution in [0, 0.1) is 0 Å². The molecule has 0 bridgehead atoms. The maximum Gasteiger partial charge on any atom is 0.236 e. The number of rotatable bonds is 3. The molecule has 2 saturated heterocycles. The summed E-state index contributed by atoms with van der Waals surface area (Å²) >= 11 is 6.06. The number of nitrogens with zero attached hydrogens (tertiary/aromatic N) is 4. The first-order valence-corrected chi connectivity index (χ1v) is 8.69. The number of halogens is 1. The number of hydrogen-bond acceptors (Lipinski definition) is 4. The van der Waals surface area contributed by atoms with Crippen molar-refractivity contribution in [1.29, 1.82) is 0 Å². The van der Waals surface area contributed by atoms with Crippen LogP contribution < -0.4 is 4.90 Å². The van der Waals surface area contributed by atoms with E-state index in [2.05, 4.69) is 27.8 Å². The number of anilines is 1. The van der Waals surface area contributed by atoms with Crippen LogP contribution in [-0.4, -0.2) is 86.6 Å². The van der Waals surface area contributed by atoms with Crippen LogP contribution in [0.1, 0.15) is 0 Å². The molecule has 5 nitrogen and oxygen atoms in total. The maximum absolute atomic E-state index is 12.5. The van der Waals surface area contributed by atoms with Gasteiger partial charge in [0.2, 0.25) is 5.91 Å². The molecule has 0 spiro atoms. The van der Waals surface area contributed by atoms with Crippen LogP contribution in [-0.2, 0) is 4.79 Å². The van der Waals surface area contributed by atoms with E-state index in [1.165, 1.54) is 0 Å². The molecule has 0 aliphatic carbocycles. The predicted molar refractivity (Wildman–Crippen MR) is 94.2 cm³/mol. The minimum absolute atomic E-state index is 0.264. The van der Waals surface area contributed by atoms with Crippen molar-refractivity contribution in [2.45, 2.75) is 0 Å². The highest BCUT2D eigenvalue weighted by Crippen LogP contribution is 2.20. The van der Waals surface area contributed by atoms with Gasteiger partial charge in [-0.3, -0.25) is 9.69 Å². The van der Waals surface area contributed by atoms with Crippen LogP contribution in [0.5, 0.6) is 0 Å². The maximum atomic E-state index is 12.5. The SMILES string of the molecule is CN1CCN(CC(=O)N2CCN(c3cccc(Cl)c3)CC2)CC1. The number of carbonyl (C=O) groups is 1. The first-order chi connectivity index (χ1) is 11.1. The predicted octanol–water partition coefficient (Wildman–Crippen LogP) is 1.24. The molecule has 1 aromatic carbocycles. The normalized spacial score (nSPS) is 20.8. The third-order valence-electron chi connectivity index (χ3n) is 4.76. The lowest BCUT2D eigenvalue weighted by Crippen LogP contribution is -2.53. The Balaban J connectivity index is 1.47. The van der Waals surface area contributed by atoms with Gasteiger partial charge in [-0.25, -0.2) is 0 Å². The molecule has 2 aliphatic rings. The van der Waals surface area contributed by atoms with Gasteiger partial charge in [-0.15, -0.1) is 0 Å². The lowest BCUT2D eigenvalue weighted by Gasteiger charge is -2.38. The first kappa shape index (κ1) is 16.6. The van der Waals surface area contributed by atoms with Gasteiger partial charge in [-0.2, -0.15) is 0 Å². The van der Waals surface area contributed by atoms with Crippen LogP contribution in [0.2, 0.25) is 5.02 Å². The molecule has 126 valence electrons.